The molecule has 1 N–H and O–H groups in total. The van der Waals surface area contributed by atoms with E-state index < -0.39 is 0 Å². The highest BCUT2D eigenvalue weighted by atomic mass is 15.3. The van der Waals surface area contributed by atoms with Crippen LogP contribution < -0.4 is 5.32 Å². The predicted molar refractivity (Wildman–Crippen MR) is 83.5 cm³/mol. The van der Waals surface area contributed by atoms with Crippen LogP contribution in [-0.2, 0) is 0 Å². The van der Waals surface area contributed by atoms with Crippen LogP contribution in [0.1, 0.15) is 67.2 Å². The molecule has 1 saturated carbocycles. The molecular weight excluding hydrogens is 232 g/mol. The van der Waals surface area contributed by atoms with Crippen LogP contribution in [0.15, 0.2) is 0 Å². The fourth-order valence-electron chi connectivity index (χ4n) is 4.18. The maximum atomic E-state index is 3.74. The summed E-state index contributed by atoms with van der Waals surface area (Å²) in [4.78, 5) is 2.86. The van der Waals surface area contributed by atoms with Crippen molar-refractivity contribution in [3.05, 3.63) is 0 Å². The van der Waals surface area contributed by atoms with E-state index in [0.29, 0.717) is 11.5 Å². The van der Waals surface area contributed by atoms with Crippen LogP contribution in [-0.4, -0.2) is 35.6 Å². The summed E-state index contributed by atoms with van der Waals surface area (Å²) in [7, 11) is 0. The summed E-state index contributed by atoms with van der Waals surface area (Å²) in [6.07, 6.45) is 5.63. The van der Waals surface area contributed by atoms with Gasteiger partial charge in [-0.1, -0.05) is 40.5 Å². The second kappa shape index (κ2) is 5.37. The molecule has 0 radical (unpaired) electrons. The molecule has 2 atom stereocenters. The first-order valence-corrected chi connectivity index (χ1v) is 8.24. The van der Waals surface area contributed by atoms with Crippen molar-refractivity contribution in [1.82, 2.24) is 10.2 Å². The van der Waals surface area contributed by atoms with Crippen LogP contribution in [0.2, 0.25) is 0 Å². The van der Waals surface area contributed by atoms with Crippen LogP contribution >= 0.6 is 0 Å². The van der Waals surface area contributed by atoms with Crippen molar-refractivity contribution in [2.45, 2.75) is 84.8 Å². The Labute approximate surface area is 120 Å². The fraction of sp³-hybridized carbons (Fsp3) is 1.00. The number of nitrogens with zero attached hydrogens (tertiary/aromatic N) is 1. The lowest BCUT2D eigenvalue weighted by Crippen LogP contribution is -2.67. The highest BCUT2D eigenvalue weighted by molar-refractivity contribution is 5.00. The molecule has 0 spiro atoms. The maximum absolute atomic E-state index is 3.74. The third-order valence-corrected chi connectivity index (χ3v) is 5.41. The van der Waals surface area contributed by atoms with Gasteiger partial charge in [0, 0.05) is 30.7 Å². The fourth-order valence-corrected chi connectivity index (χ4v) is 4.18. The van der Waals surface area contributed by atoms with E-state index >= 15 is 0 Å². The van der Waals surface area contributed by atoms with Gasteiger partial charge in [0.2, 0.25) is 0 Å². The lowest BCUT2D eigenvalue weighted by Gasteiger charge is -2.54. The van der Waals surface area contributed by atoms with Gasteiger partial charge in [0.25, 0.3) is 0 Å². The molecule has 2 heteroatoms. The van der Waals surface area contributed by atoms with Crippen molar-refractivity contribution in [2.75, 3.05) is 13.1 Å². The van der Waals surface area contributed by atoms with E-state index in [1.165, 1.54) is 32.2 Å². The largest absolute Gasteiger partial charge is 0.309 e. The van der Waals surface area contributed by atoms with Crippen LogP contribution in [0, 0.1) is 11.3 Å². The van der Waals surface area contributed by atoms with Gasteiger partial charge >= 0.3 is 0 Å². The molecule has 2 fully saturated rings. The molecule has 2 unspecified atom stereocenters. The van der Waals surface area contributed by atoms with Crippen molar-refractivity contribution < 1.29 is 0 Å². The van der Waals surface area contributed by atoms with Crippen molar-refractivity contribution in [3.63, 3.8) is 0 Å². The van der Waals surface area contributed by atoms with E-state index in [2.05, 4.69) is 51.8 Å². The minimum atomic E-state index is 0.263. The third-order valence-electron chi connectivity index (χ3n) is 5.41. The monoisotopic (exact) mass is 266 g/mol. The summed E-state index contributed by atoms with van der Waals surface area (Å²) in [6, 6.07) is 1.48. The van der Waals surface area contributed by atoms with E-state index in [9.17, 15) is 0 Å². The van der Waals surface area contributed by atoms with E-state index in [-0.39, 0.29) is 5.54 Å². The minimum absolute atomic E-state index is 0.263. The Kier molecular flexibility index (Phi) is 4.32. The lowest BCUT2D eigenvalue weighted by atomic mass is 9.71. The Morgan fingerprint density at radius 2 is 1.79 bits per heavy atom. The van der Waals surface area contributed by atoms with Crippen molar-refractivity contribution >= 4 is 0 Å². The van der Waals surface area contributed by atoms with Gasteiger partial charge in [-0.25, -0.2) is 0 Å². The standard InChI is InChI=1S/C17H34N2/c1-13(2)14-11-18-17(5,6)12-19(14)15-9-7-8-10-16(15,3)4/h13-15,18H,7-12H2,1-6H3. The average molecular weight is 266 g/mol. The summed E-state index contributed by atoms with van der Waals surface area (Å²) in [5, 5.41) is 3.74. The molecule has 1 saturated heterocycles. The Bertz CT molecular complexity index is 306. The van der Waals surface area contributed by atoms with Gasteiger partial charge in [0.1, 0.15) is 0 Å². The number of nitrogens with one attached hydrogen (secondary N) is 1. The van der Waals surface area contributed by atoms with Gasteiger partial charge in [-0.3, -0.25) is 4.90 Å². The number of hydrogen-bond acceptors (Lipinski definition) is 2. The lowest BCUT2D eigenvalue weighted by molar-refractivity contribution is -0.0332. The second-order valence-electron chi connectivity index (χ2n) is 8.50. The van der Waals surface area contributed by atoms with Gasteiger partial charge < -0.3 is 5.32 Å². The normalized spacial score (nSPS) is 35.5. The Balaban J connectivity index is 2.21. The summed E-state index contributed by atoms with van der Waals surface area (Å²) in [5.41, 5.74) is 0.748. The average Bonchev–Trinajstić information content (AvgIpc) is 2.26. The molecule has 112 valence electrons. The van der Waals surface area contributed by atoms with Crippen molar-refractivity contribution in [1.29, 1.82) is 0 Å². The van der Waals surface area contributed by atoms with Gasteiger partial charge in [-0.05, 0) is 38.0 Å². The molecule has 1 aliphatic heterocycles. The van der Waals surface area contributed by atoms with Crippen LogP contribution in [0.3, 0.4) is 0 Å². The van der Waals surface area contributed by atoms with E-state index in [4.69, 9.17) is 0 Å². The summed E-state index contributed by atoms with van der Waals surface area (Å²) in [5.74, 6) is 0.737. The van der Waals surface area contributed by atoms with Crippen LogP contribution in [0.4, 0.5) is 0 Å². The first kappa shape index (κ1) is 15.3. The molecule has 0 aromatic rings. The highest BCUT2D eigenvalue weighted by Crippen LogP contribution is 2.41. The SMILES string of the molecule is CC(C)C1CNC(C)(C)CN1C1CCCCC1(C)C. The molecule has 1 aliphatic carbocycles. The second-order valence-corrected chi connectivity index (χ2v) is 8.50. The first-order valence-electron chi connectivity index (χ1n) is 8.24. The molecule has 19 heavy (non-hydrogen) atoms. The summed E-state index contributed by atoms with van der Waals surface area (Å²) >= 11 is 0. The number of rotatable bonds is 2. The zero-order valence-corrected chi connectivity index (χ0v) is 13.9. The van der Waals surface area contributed by atoms with Crippen molar-refractivity contribution in [3.8, 4) is 0 Å². The zero-order valence-electron chi connectivity index (χ0n) is 13.9. The molecule has 0 amide bonds. The molecular formula is C17H34N2. The highest BCUT2D eigenvalue weighted by Gasteiger charge is 2.43. The first-order chi connectivity index (χ1) is 8.73. The summed E-state index contributed by atoms with van der Waals surface area (Å²) < 4.78 is 0. The van der Waals surface area contributed by atoms with Crippen LogP contribution in [0.25, 0.3) is 0 Å². The van der Waals surface area contributed by atoms with E-state index in [1.807, 2.05) is 0 Å². The summed E-state index contributed by atoms with van der Waals surface area (Å²) in [6.45, 7) is 16.8. The predicted octanol–water partition coefficient (Wildman–Crippen LogP) is 3.66. The topological polar surface area (TPSA) is 15.3 Å². The minimum Gasteiger partial charge on any atom is -0.309 e. The number of hydrogen-bond donors (Lipinski definition) is 1. The molecule has 0 bridgehead atoms. The van der Waals surface area contributed by atoms with Crippen molar-refractivity contribution in [2.24, 2.45) is 11.3 Å². The zero-order chi connectivity index (χ0) is 14.3. The smallest absolute Gasteiger partial charge is 0.0253 e. The molecule has 2 aliphatic rings. The molecule has 0 aromatic heterocycles. The van der Waals surface area contributed by atoms with Gasteiger partial charge in [0.15, 0.2) is 0 Å². The Hall–Kier alpha value is -0.0800. The van der Waals surface area contributed by atoms with Gasteiger partial charge in [0.05, 0.1) is 0 Å². The van der Waals surface area contributed by atoms with E-state index in [0.717, 1.165) is 18.5 Å². The van der Waals surface area contributed by atoms with Gasteiger partial charge in [-0.2, -0.15) is 0 Å². The maximum Gasteiger partial charge on any atom is 0.0253 e. The molecule has 2 rings (SSSR count). The third kappa shape index (κ3) is 3.33. The van der Waals surface area contributed by atoms with Crippen LogP contribution in [0.5, 0.6) is 0 Å². The van der Waals surface area contributed by atoms with Gasteiger partial charge in [-0.15, -0.1) is 0 Å². The molecule has 1 heterocycles. The molecule has 2 nitrogen and oxygen atoms in total. The molecule has 0 aromatic carbocycles. The quantitative estimate of drug-likeness (QED) is 0.820. The Morgan fingerprint density at radius 3 is 2.37 bits per heavy atom. The Morgan fingerprint density at radius 1 is 1.11 bits per heavy atom. The van der Waals surface area contributed by atoms with E-state index in [1.54, 1.807) is 0 Å². The number of piperazine rings is 1.